The van der Waals surface area contributed by atoms with Crippen LogP contribution < -0.4 is 5.73 Å². The average molecular weight is 268 g/mol. The van der Waals surface area contributed by atoms with Gasteiger partial charge in [0.15, 0.2) is 0 Å². The van der Waals surface area contributed by atoms with Crippen molar-refractivity contribution < 1.29 is 13.2 Å². The molecule has 0 saturated heterocycles. The van der Waals surface area contributed by atoms with Gasteiger partial charge in [-0.2, -0.15) is 13.2 Å². The van der Waals surface area contributed by atoms with Crippen molar-refractivity contribution in [1.82, 2.24) is 4.90 Å². The number of nitrogens with two attached hydrogens (primary N) is 1. The van der Waals surface area contributed by atoms with Crippen LogP contribution in [0.3, 0.4) is 0 Å². The van der Waals surface area contributed by atoms with Crippen molar-refractivity contribution in [1.29, 1.82) is 0 Å². The van der Waals surface area contributed by atoms with Gasteiger partial charge in [-0.15, -0.1) is 0 Å². The molecule has 0 aliphatic carbocycles. The molecule has 1 aliphatic heterocycles. The fourth-order valence-corrected chi connectivity index (χ4v) is 2.05. The molecule has 19 heavy (non-hydrogen) atoms. The number of nitrogens with zero attached hydrogens (tertiary/aromatic N) is 1. The van der Waals surface area contributed by atoms with E-state index < -0.39 is 11.7 Å². The zero-order chi connectivity index (χ0) is 14.0. The van der Waals surface area contributed by atoms with Crippen molar-refractivity contribution in [2.24, 2.45) is 5.73 Å². The molecule has 0 unspecified atom stereocenters. The first-order valence-electron chi connectivity index (χ1n) is 5.90. The van der Waals surface area contributed by atoms with Crippen LogP contribution in [0.25, 0.3) is 5.70 Å². The van der Waals surface area contributed by atoms with E-state index >= 15 is 0 Å². The van der Waals surface area contributed by atoms with Crippen molar-refractivity contribution in [2.45, 2.75) is 6.18 Å². The lowest BCUT2D eigenvalue weighted by Gasteiger charge is -2.27. The van der Waals surface area contributed by atoms with Gasteiger partial charge in [0.25, 0.3) is 0 Å². The summed E-state index contributed by atoms with van der Waals surface area (Å²) in [4.78, 5) is 1.98. The predicted molar refractivity (Wildman–Crippen MR) is 69.2 cm³/mol. The number of hydrogen-bond acceptors (Lipinski definition) is 2. The first-order chi connectivity index (χ1) is 8.91. The highest BCUT2D eigenvalue weighted by atomic mass is 19.4. The van der Waals surface area contributed by atoms with E-state index in [4.69, 9.17) is 5.73 Å². The molecule has 2 nitrogen and oxygen atoms in total. The normalized spacial score (nSPS) is 16.2. The lowest BCUT2D eigenvalue weighted by atomic mass is 10.0. The van der Waals surface area contributed by atoms with Gasteiger partial charge >= 0.3 is 6.18 Å². The second-order valence-electron chi connectivity index (χ2n) is 4.51. The van der Waals surface area contributed by atoms with Crippen molar-refractivity contribution in [2.75, 3.05) is 20.1 Å². The van der Waals surface area contributed by atoms with Crippen LogP contribution in [0.15, 0.2) is 42.0 Å². The molecule has 0 spiro atoms. The Morgan fingerprint density at radius 3 is 2.26 bits per heavy atom. The highest BCUT2D eigenvalue weighted by Crippen LogP contribution is 2.31. The third kappa shape index (κ3) is 2.98. The van der Waals surface area contributed by atoms with Crippen molar-refractivity contribution in [3.63, 3.8) is 0 Å². The topological polar surface area (TPSA) is 29.3 Å². The van der Waals surface area contributed by atoms with Crippen LogP contribution in [0.5, 0.6) is 0 Å². The highest BCUT2D eigenvalue weighted by molar-refractivity contribution is 5.67. The van der Waals surface area contributed by atoms with E-state index in [0.29, 0.717) is 13.1 Å². The molecule has 0 bridgehead atoms. The van der Waals surface area contributed by atoms with Gasteiger partial charge in [0.2, 0.25) is 0 Å². The number of allylic oxidation sites excluding steroid dienone is 2. The smallest absolute Gasteiger partial charge is 0.370 e. The Bertz CT molecular complexity index is 512. The average Bonchev–Trinajstić information content (AvgIpc) is 2.37. The zero-order valence-corrected chi connectivity index (χ0v) is 10.5. The first-order valence-corrected chi connectivity index (χ1v) is 5.90. The molecule has 0 atom stereocenters. The summed E-state index contributed by atoms with van der Waals surface area (Å²) in [5, 5.41) is 0. The molecule has 1 aromatic rings. The number of hydrogen-bond donors (Lipinski definition) is 1. The van der Waals surface area contributed by atoms with E-state index in [1.54, 1.807) is 0 Å². The number of likely N-dealkylation sites (N-methyl/N-ethyl adjacent to an activating group) is 1. The maximum absolute atomic E-state index is 12.5. The summed E-state index contributed by atoms with van der Waals surface area (Å²) in [6.07, 6.45) is -0.487. The van der Waals surface area contributed by atoms with Gasteiger partial charge in [0.1, 0.15) is 0 Å². The van der Waals surface area contributed by atoms with E-state index in [0.717, 1.165) is 29.0 Å². The molecular formula is C14H15F3N2. The first kappa shape index (κ1) is 13.7. The molecule has 1 heterocycles. The van der Waals surface area contributed by atoms with Crippen molar-refractivity contribution >= 4 is 5.70 Å². The number of benzene rings is 1. The molecule has 0 radical (unpaired) electrons. The van der Waals surface area contributed by atoms with Crippen molar-refractivity contribution in [3.05, 3.63) is 53.1 Å². The monoisotopic (exact) mass is 268 g/mol. The number of alkyl halides is 3. The summed E-state index contributed by atoms with van der Waals surface area (Å²) in [6, 6.07) is 5.19. The zero-order valence-electron chi connectivity index (χ0n) is 10.5. The maximum Gasteiger partial charge on any atom is 0.416 e. The van der Waals surface area contributed by atoms with Crippen LogP contribution in [0.2, 0.25) is 0 Å². The summed E-state index contributed by atoms with van der Waals surface area (Å²) in [6.45, 7) is 1.19. The van der Waals surface area contributed by atoms with Crippen LogP contribution in [0.1, 0.15) is 11.1 Å². The highest BCUT2D eigenvalue weighted by Gasteiger charge is 2.30. The molecule has 2 N–H and O–H groups in total. The second-order valence-corrected chi connectivity index (χ2v) is 4.51. The lowest BCUT2D eigenvalue weighted by Crippen LogP contribution is -2.25. The molecule has 1 aromatic carbocycles. The second kappa shape index (κ2) is 5.09. The van der Waals surface area contributed by atoms with Crippen molar-refractivity contribution in [3.8, 4) is 0 Å². The molecular weight excluding hydrogens is 253 g/mol. The fourth-order valence-electron chi connectivity index (χ4n) is 2.05. The Kier molecular flexibility index (Phi) is 3.66. The van der Waals surface area contributed by atoms with Crippen LogP contribution in [0.4, 0.5) is 13.2 Å². The molecule has 5 heteroatoms. The number of halogens is 3. The predicted octanol–water partition coefficient (Wildman–Crippen LogP) is 2.88. The standard InChI is InChI=1S/C14H15F3N2/c1-19-9-10(8-18)2-7-13(19)11-3-5-12(6-4-11)14(15,16)17/h2-7H,8-9,18H2,1H3. The molecule has 0 saturated carbocycles. The van der Waals surface area contributed by atoms with E-state index in [-0.39, 0.29) is 0 Å². The third-order valence-corrected chi connectivity index (χ3v) is 3.10. The van der Waals surface area contributed by atoms with Crippen LogP contribution in [0, 0.1) is 0 Å². The molecule has 0 amide bonds. The lowest BCUT2D eigenvalue weighted by molar-refractivity contribution is -0.137. The van der Waals surface area contributed by atoms with Gasteiger partial charge in [-0.05, 0) is 29.3 Å². The van der Waals surface area contributed by atoms with Gasteiger partial charge in [0.05, 0.1) is 5.56 Å². The Balaban J connectivity index is 2.28. The van der Waals surface area contributed by atoms with E-state index in [9.17, 15) is 13.2 Å². The largest absolute Gasteiger partial charge is 0.416 e. The third-order valence-electron chi connectivity index (χ3n) is 3.10. The van der Waals surface area contributed by atoms with Crippen LogP contribution >= 0.6 is 0 Å². The summed E-state index contributed by atoms with van der Waals surface area (Å²) in [5.74, 6) is 0. The van der Waals surface area contributed by atoms with Gasteiger partial charge in [0, 0.05) is 25.8 Å². The molecule has 102 valence electrons. The van der Waals surface area contributed by atoms with Gasteiger partial charge in [-0.25, -0.2) is 0 Å². The molecule has 2 rings (SSSR count). The minimum absolute atomic E-state index is 0.487. The van der Waals surface area contributed by atoms with Gasteiger partial charge in [-0.1, -0.05) is 18.2 Å². The number of rotatable bonds is 2. The fraction of sp³-hybridized carbons (Fsp3) is 0.286. The van der Waals surface area contributed by atoms with Gasteiger partial charge in [-0.3, -0.25) is 0 Å². The Hall–Kier alpha value is -1.75. The molecule has 0 aromatic heterocycles. The van der Waals surface area contributed by atoms with E-state index in [1.165, 1.54) is 12.1 Å². The minimum Gasteiger partial charge on any atom is -0.370 e. The Morgan fingerprint density at radius 2 is 1.79 bits per heavy atom. The quantitative estimate of drug-likeness (QED) is 0.893. The van der Waals surface area contributed by atoms with Crippen LogP contribution in [-0.4, -0.2) is 25.0 Å². The minimum atomic E-state index is -4.29. The summed E-state index contributed by atoms with van der Waals surface area (Å²) in [7, 11) is 1.90. The van der Waals surface area contributed by atoms with E-state index in [1.807, 2.05) is 24.1 Å². The summed E-state index contributed by atoms with van der Waals surface area (Å²) >= 11 is 0. The Morgan fingerprint density at radius 1 is 1.16 bits per heavy atom. The molecule has 0 fully saturated rings. The SMILES string of the molecule is CN1CC(CN)=CC=C1c1ccc(C(F)(F)F)cc1. The maximum atomic E-state index is 12.5. The summed E-state index contributed by atoms with van der Waals surface area (Å²) in [5.41, 5.74) is 7.69. The Labute approximate surface area is 110 Å². The van der Waals surface area contributed by atoms with Crippen LogP contribution in [-0.2, 0) is 6.18 Å². The van der Waals surface area contributed by atoms with E-state index in [2.05, 4.69) is 0 Å². The summed E-state index contributed by atoms with van der Waals surface area (Å²) < 4.78 is 37.5. The molecule has 1 aliphatic rings. The van der Waals surface area contributed by atoms with Gasteiger partial charge < -0.3 is 10.6 Å².